The van der Waals surface area contributed by atoms with Gasteiger partial charge in [-0.15, -0.1) is 0 Å². The molecular formula is C17H25N2O3. The minimum atomic E-state index is -0.203. The van der Waals surface area contributed by atoms with Crippen molar-refractivity contribution in [3.63, 3.8) is 0 Å². The van der Waals surface area contributed by atoms with Gasteiger partial charge in [-0.3, -0.25) is 5.11 Å². The van der Waals surface area contributed by atoms with E-state index in [1.165, 1.54) is 12.8 Å². The first kappa shape index (κ1) is 16.5. The van der Waals surface area contributed by atoms with Gasteiger partial charge in [-0.2, -0.15) is 0 Å². The summed E-state index contributed by atoms with van der Waals surface area (Å²) in [6, 6.07) is 6.83. The highest BCUT2D eigenvalue weighted by atomic mass is 16.6. The minimum absolute atomic E-state index is 0.0223. The summed E-state index contributed by atoms with van der Waals surface area (Å²) in [4.78, 5) is 15.9. The van der Waals surface area contributed by atoms with Crippen molar-refractivity contribution in [1.82, 2.24) is 4.90 Å². The lowest BCUT2D eigenvalue weighted by molar-refractivity contribution is 0.0985. The highest BCUT2D eigenvalue weighted by Gasteiger charge is 2.22. The van der Waals surface area contributed by atoms with Gasteiger partial charge in [-0.1, -0.05) is 26.2 Å². The fourth-order valence-corrected chi connectivity index (χ4v) is 2.58. The van der Waals surface area contributed by atoms with Gasteiger partial charge in [0.2, 0.25) is 0 Å². The Bertz CT molecular complexity index is 453. The number of amides is 1. The number of benzene rings is 1. The Morgan fingerprint density at radius 3 is 2.36 bits per heavy atom. The van der Waals surface area contributed by atoms with E-state index in [0.29, 0.717) is 19.7 Å². The summed E-state index contributed by atoms with van der Waals surface area (Å²) in [6.45, 7) is 5.53. The van der Waals surface area contributed by atoms with E-state index in [2.05, 4.69) is 11.8 Å². The van der Waals surface area contributed by atoms with E-state index in [1.54, 1.807) is 17.0 Å². The van der Waals surface area contributed by atoms with E-state index in [9.17, 15) is 9.90 Å². The molecule has 1 aromatic carbocycles. The molecule has 1 saturated heterocycles. The van der Waals surface area contributed by atoms with Crippen molar-refractivity contribution in [2.45, 2.75) is 32.6 Å². The highest BCUT2D eigenvalue weighted by molar-refractivity contribution is 5.68. The maximum absolute atomic E-state index is 12.0. The molecule has 5 heteroatoms. The Morgan fingerprint density at radius 1 is 1.05 bits per heavy atom. The first-order chi connectivity index (χ1) is 10.7. The van der Waals surface area contributed by atoms with Gasteiger partial charge in [-0.25, -0.2) is 4.79 Å². The zero-order chi connectivity index (χ0) is 15.8. The molecule has 1 radical (unpaired) electrons. The third kappa shape index (κ3) is 4.83. The molecule has 0 unspecified atom stereocenters. The number of carbonyl (C=O) groups is 1. The van der Waals surface area contributed by atoms with Crippen molar-refractivity contribution in [3.8, 4) is 5.75 Å². The van der Waals surface area contributed by atoms with Crippen LogP contribution in [0.5, 0.6) is 5.75 Å². The normalized spacial score (nSPS) is 15.0. The fraction of sp³-hybridized carbons (Fsp3) is 0.588. The van der Waals surface area contributed by atoms with Crippen LogP contribution < -0.4 is 4.90 Å². The number of unbranched alkanes of at least 4 members (excludes halogenated alkanes) is 3. The van der Waals surface area contributed by atoms with Crippen molar-refractivity contribution in [1.29, 1.82) is 0 Å². The number of piperazine rings is 1. The quantitative estimate of drug-likeness (QED) is 0.753. The molecule has 22 heavy (non-hydrogen) atoms. The molecule has 1 amide bonds. The Morgan fingerprint density at radius 2 is 1.73 bits per heavy atom. The van der Waals surface area contributed by atoms with Gasteiger partial charge in [0, 0.05) is 31.9 Å². The Hall–Kier alpha value is -1.91. The highest BCUT2D eigenvalue weighted by Crippen LogP contribution is 2.20. The monoisotopic (exact) mass is 305 g/mol. The van der Waals surface area contributed by atoms with Crippen LogP contribution in [0.4, 0.5) is 10.5 Å². The van der Waals surface area contributed by atoms with Gasteiger partial charge in [0.1, 0.15) is 0 Å². The molecule has 0 spiro atoms. The zero-order valence-electron chi connectivity index (χ0n) is 13.3. The molecule has 0 bridgehead atoms. The van der Waals surface area contributed by atoms with Gasteiger partial charge < -0.3 is 14.5 Å². The minimum Gasteiger partial charge on any atom is -0.449 e. The predicted molar refractivity (Wildman–Crippen MR) is 85.9 cm³/mol. The van der Waals surface area contributed by atoms with E-state index in [0.717, 1.165) is 31.6 Å². The first-order valence-electron chi connectivity index (χ1n) is 8.14. The maximum Gasteiger partial charge on any atom is 0.409 e. The van der Waals surface area contributed by atoms with Crippen LogP contribution in [0.15, 0.2) is 24.3 Å². The summed E-state index contributed by atoms with van der Waals surface area (Å²) in [5.41, 5.74) is 1.03. The molecule has 1 heterocycles. The Balaban J connectivity index is 1.70. The SMILES string of the molecule is CCCCCCOC(=O)N1CCN(c2ccc([O])cc2)CC1. The molecule has 0 aliphatic carbocycles. The molecule has 2 rings (SSSR count). The van der Waals surface area contributed by atoms with E-state index >= 15 is 0 Å². The number of anilines is 1. The number of nitrogens with zero attached hydrogens (tertiary/aromatic N) is 2. The topological polar surface area (TPSA) is 52.7 Å². The lowest BCUT2D eigenvalue weighted by Crippen LogP contribution is -2.49. The number of carbonyl (C=O) groups excluding carboxylic acids is 1. The van der Waals surface area contributed by atoms with Gasteiger partial charge in [0.05, 0.1) is 6.61 Å². The molecule has 0 N–H and O–H groups in total. The van der Waals surface area contributed by atoms with Crippen molar-refractivity contribution in [2.75, 3.05) is 37.7 Å². The summed E-state index contributed by atoms with van der Waals surface area (Å²) in [5.74, 6) is 0.0223. The Kier molecular flexibility index (Phi) is 6.37. The summed E-state index contributed by atoms with van der Waals surface area (Å²) < 4.78 is 5.31. The predicted octanol–water partition coefficient (Wildman–Crippen LogP) is 3.67. The molecule has 1 fully saturated rings. The summed E-state index contributed by atoms with van der Waals surface area (Å²) in [7, 11) is 0. The fourth-order valence-electron chi connectivity index (χ4n) is 2.58. The molecule has 1 aliphatic rings. The van der Waals surface area contributed by atoms with Crippen molar-refractivity contribution in [3.05, 3.63) is 24.3 Å². The summed E-state index contributed by atoms with van der Waals surface area (Å²) >= 11 is 0. The second kappa shape index (κ2) is 8.51. The molecule has 0 aromatic heterocycles. The molecular weight excluding hydrogens is 280 g/mol. The largest absolute Gasteiger partial charge is 0.449 e. The molecule has 0 atom stereocenters. The van der Waals surface area contributed by atoms with E-state index in [-0.39, 0.29) is 11.8 Å². The standard InChI is InChI=1S/C17H25N2O3/c1-2-3-4-5-14-22-17(21)19-12-10-18(11-13-19)15-6-8-16(20)9-7-15/h6-9H,2-5,10-14H2,1H3. The lowest BCUT2D eigenvalue weighted by atomic mass is 10.2. The number of ether oxygens (including phenoxy) is 1. The van der Waals surface area contributed by atoms with Gasteiger partial charge in [0.15, 0.2) is 5.75 Å². The van der Waals surface area contributed by atoms with Crippen molar-refractivity contribution >= 4 is 11.8 Å². The first-order valence-corrected chi connectivity index (χ1v) is 8.14. The van der Waals surface area contributed by atoms with Gasteiger partial charge >= 0.3 is 6.09 Å². The number of hydrogen-bond acceptors (Lipinski definition) is 3. The van der Waals surface area contributed by atoms with Crippen LogP contribution in [0.2, 0.25) is 0 Å². The van der Waals surface area contributed by atoms with E-state index in [1.807, 2.05) is 12.1 Å². The van der Waals surface area contributed by atoms with Crippen LogP contribution in [0.3, 0.4) is 0 Å². The second-order valence-electron chi connectivity index (χ2n) is 5.64. The van der Waals surface area contributed by atoms with Crippen LogP contribution >= 0.6 is 0 Å². The zero-order valence-corrected chi connectivity index (χ0v) is 13.3. The van der Waals surface area contributed by atoms with E-state index < -0.39 is 0 Å². The summed E-state index contributed by atoms with van der Waals surface area (Å²) in [5, 5.41) is 11.1. The van der Waals surface area contributed by atoms with Gasteiger partial charge in [0.25, 0.3) is 0 Å². The lowest BCUT2D eigenvalue weighted by Gasteiger charge is -2.35. The van der Waals surface area contributed by atoms with Crippen LogP contribution in [0.1, 0.15) is 32.6 Å². The van der Waals surface area contributed by atoms with Crippen molar-refractivity contribution in [2.24, 2.45) is 0 Å². The number of rotatable bonds is 6. The average molecular weight is 305 g/mol. The van der Waals surface area contributed by atoms with Crippen LogP contribution in [-0.2, 0) is 9.84 Å². The van der Waals surface area contributed by atoms with Crippen molar-refractivity contribution < 1.29 is 14.6 Å². The van der Waals surface area contributed by atoms with Crippen LogP contribution in [0.25, 0.3) is 0 Å². The average Bonchev–Trinajstić information content (AvgIpc) is 2.55. The summed E-state index contributed by atoms with van der Waals surface area (Å²) in [6.07, 6.45) is 4.24. The Labute approximate surface area is 132 Å². The smallest absolute Gasteiger partial charge is 0.409 e. The molecule has 0 saturated carbocycles. The third-order valence-electron chi connectivity index (χ3n) is 3.96. The molecule has 1 aliphatic heterocycles. The van der Waals surface area contributed by atoms with E-state index in [4.69, 9.17) is 4.74 Å². The second-order valence-corrected chi connectivity index (χ2v) is 5.64. The molecule has 5 nitrogen and oxygen atoms in total. The molecule has 1 aromatic rings. The third-order valence-corrected chi connectivity index (χ3v) is 3.96. The maximum atomic E-state index is 12.0. The van der Waals surface area contributed by atoms with Crippen LogP contribution in [-0.4, -0.2) is 43.8 Å². The van der Waals surface area contributed by atoms with Crippen LogP contribution in [0, 0.1) is 0 Å². The number of hydrogen-bond donors (Lipinski definition) is 0. The van der Waals surface area contributed by atoms with Gasteiger partial charge in [-0.05, 0) is 30.7 Å². The molecule has 121 valence electrons.